The fourth-order valence-electron chi connectivity index (χ4n) is 1.95. The van der Waals surface area contributed by atoms with Crippen LogP contribution in [0.1, 0.15) is 6.42 Å². The van der Waals surface area contributed by atoms with Crippen LogP contribution >= 0.6 is 31.9 Å². The number of ether oxygens (including phenoxy) is 2. The van der Waals surface area contributed by atoms with E-state index in [1.807, 2.05) is 17.0 Å². The molecule has 0 saturated carbocycles. The van der Waals surface area contributed by atoms with E-state index >= 15 is 0 Å². The molecule has 0 amide bonds. The third kappa shape index (κ3) is 2.36. The highest BCUT2D eigenvalue weighted by atomic mass is 79.9. The molecule has 1 fully saturated rings. The van der Waals surface area contributed by atoms with Crippen molar-refractivity contribution in [2.75, 3.05) is 25.7 Å². The number of anilines is 1. The topological polar surface area (TPSA) is 38.8 Å². The number of rotatable bonds is 3. The monoisotopic (exact) mass is 377 g/mol. The molecule has 0 N–H and O–H groups in total. The molecule has 1 heterocycles. The lowest BCUT2D eigenvalue weighted by atomic mass is 10.0. The first-order chi connectivity index (χ1) is 8.58. The molecule has 6 heteroatoms. The highest BCUT2D eigenvalue weighted by molar-refractivity contribution is 9.11. The third-order valence-corrected chi connectivity index (χ3v) is 4.28. The minimum absolute atomic E-state index is 0.197. The molecule has 1 aromatic carbocycles. The summed E-state index contributed by atoms with van der Waals surface area (Å²) in [4.78, 5) is 13.6. The summed E-state index contributed by atoms with van der Waals surface area (Å²) in [5.41, 5.74) is 0.941. The number of carbonyl (C=O) groups is 1. The van der Waals surface area contributed by atoms with Crippen LogP contribution < -0.4 is 9.64 Å². The second kappa shape index (κ2) is 5.48. The van der Waals surface area contributed by atoms with Crippen LogP contribution in [-0.2, 0) is 9.53 Å². The standard InChI is InChI=1S/C12H13Br2NO3/c1-17-11-6-10(7(13)5-8(11)14)15-4-3-9(15)12(16)18-2/h5-6,9H,3-4H2,1-2H3. The fourth-order valence-corrected chi connectivity index (χ4v) is 3.34. The van der Waals surface area contributed by atoms with E-state index in [2.05, 4.69) is 31.9 Å². The number of hydrogen-bond donors (Lipinski definition) is 0. The molecule has 0 aliphatic carbocycles. The summed E-state index contributed by atoms with van der Waals surface area (Å²) in [5.74, 6) is 0.541. The zero-order chi connectivity index (χ0) is 13.3. The third-order valence-electron chi connectivity index (χ3n) is 3.02. The maximum atomic E-state index is 11.6. The Kier molecular flexibility index (Phi) is 4.17. The number of methoxy groups -OCH3 is 2. The lowest BCUT2D eigenvalue weighted by molar-refractivity contribution is -0.143. The highest BCUT2D eigenvalue weighted by Gasteiger charge is 2.36. The minimum atomic E-state index is -0.199. The van der Waals surface area contributed by atoms with Gasteiger partial charge in [0.15, 0.2) is 0 Å². The Hall–Kier alpha value is -0.750. The van der Waals surface area contributed by atoms with Crippen molar-refractivity contribution in [3.63, 3.8) is 0 Å². The van der Waals surface area contributed by atoms with Crippen molar-refractivity contribution in [1.29, 1.82) is 0 Å². The van der Waals surface area contributed by atoms with Gasteiger partial charge in [-0.05, 0) is 44.3 Å². The lowest BCUT2D eigenvalue weighted by Gasteiger charge is -2.41. The molecule has 1 aliphatic rings. The number of benzene rings is 1. The van der Waals surface area contributed by atoms with Crippen molar-refractivity contribution in [3.05, 3.63) is 21.1 Å². The van der Waals surface area contributed by atoms with Gasteiger partial charge in [0.25, 0.3) is 0 Å². The molecule has 1 unspecified atom stereocenters. The lowest BCUT2D eigenvalue weighted by Crippen LogP contribution is -2.53. The predicted octanol–water partition coefficient (Wildman–Crippen LogP) is 2.97. The normalized spacial score (nSPS) is 18.2. The van der Waals surface area contributed by atoms with Gasteiger partial charge in [0, 0.05) is 17.1 Å². The molecule has 1 saturated heterocycles. The van der Waals surface area contributed by atoms with E-state index in [9.17, 15) is 4.79 Å². The number of nitrogens with zero attached hydrogens (tertiary/aromatic N) is 1. The first kappa shape index (κ1) is 13.7. The second-order valence-corrected chi connectivity index (χ2v) is 5.67. The predicted molar refractivity (Wildman–Crippen MR) is 76.2 cm³/mol. The van der Waals surface area contributed by atoms with Gasteiger partial charge >= 0.3 is 5.97 Å². The second-order valence-electron chi connectivity index (χ2n) is 3.96. The molecule has 18 heavy (non-hydrogen) atoms. The summed E-state index contributed by atoms with van der Waals surface area (Å²) < 4.78 is 11.9. The Morgan fingerprint density at radius 3 is 2.56 bits per heavy atom. The molecular formula is C12H13Br2NO3. The van der Waals surface area contributed by atoms with Gasteiger partial charge in [-0.25, -0.2) is 4.79 Å². The Labute approximate surface area is 122 Å². The van der Waals surface area contributed by atoms with E-state index in [0.717, 1.165) is 33.3 Å². The quantitative estimate of drug-likeness (QED) is 0.758. The first-order valence-electron chi connectivity index (χ1n) is 5.46. The van der Waals surface area contributed by atoms with Crippen LogP contribution in [0.3, 0.4) is 0 Å². The van der Waals surface area contributed by atoms with Crippen LogP contribution in [0.5, 0.6) is 5.75 Å². The van der Waals surface area contributed by atoms with Crippen molar-refractivity contribution in [2.24, 2.45) is 0 Å². The number of esters is 1. The largest absolute Gasteiger partial charge is 0.495 e. The fraction of sp³-hybridized carbons (Fsp3) is 0.417. The van der Waals surface area contributed by atoms with E-state index in [4.69, 9.17) is 9.47 Å². The van der Waals surface area contributed by atoms with Crippen LogP contribution in [0.4, 0.5) is 5.69 Å². The van der Waals surface area contributed by atoms with Gasteiger partial charge in [-0.1, -0.05) is 0 Å². The van der Waals surface area contributed by atoms with E-state index in [1.165, 1.54) is 7.11 Å². The number of carbonyl (C=O) groups excluding carboxylic acids is 1. The van der Waals surface area contributed by atoms with Gasteiger partial charge in [0.1, 0.15) is 11.8 Å². The van der Waals surface area contributed by atoms with E-state index in [-0.39, 0.29) is 12.0 Å². The summed E-state index contributed by atoms with van der Waals surface area (Å²) in [5, 5.41) is 0. The van der Waals surface area contributed by atoms with Crippen LogP contribution in [0.15, 0.2) is 21.1 Å². The van der Waals surface area contributed by atoms with Gasteiger partial charge in [-0.15, -0.1) is 0 Å². The molecule has 0 aromatic heterocycles. The molecule has 1 atom stereocenters. The summed E-state index contributed by atoms with van der Waals surface area (Å²) in [6, 6.07) is 3.63. The summed E-state index contributed by atoms with van der Waals surface area (Å²) in [6.45, 7) is 0.836. The molecular weight excluding hydrogens is 366 g/mol. The van der Waals surface area contributed by atoms with Crippen molar-refractivity contribution < 1.29 is 14.3 Å². The maximum Gasteiger partial charge on any atom is 0.328 e. The molecule has 0 bridgehead atoms. The Morgan fingerprint density at radius 1 is 1.33 bits per heavy atom. The molecule has 4 nitrogen and oxygen atoms in total. The van der Waals surface area contributed by atoms with Crippen LogP contribution in [0.25, 0.3) is 0 Å². The average molecular weight is 379 g/mol. The molecule has 1 aromatic rings. The van der Waals surface area contributed by atoms with Crippen molar-refractivity contribution in [1.82, 2.24) is 0 Å². The Balaban J connectivity index is 2.31. The van der Waals surface area contributed by atoms with E-state index in [1.54, 1.807) is 7.11 Å². The SMILES string of the molecule is COC(=O)C1CCN1c1cc(OC)c(Br)cc1Br. The van der Waals surface area contributed by atoms with Crippen molar-refractivity contribution >= 4 is 43.5 Å². The van der Waals surface area contributed by atoms with E-state index < -0.39 is 0 Å². The average Bonchev–Trinajstić information content (AvgIpc) is 2.30. The number of hydrogen-bond acceptors (Lipinski definition) is 4. The van der Waals surface area contributed by atoms with Gasteiger partial charge in [-0.3, -0.25) is 0 Å². The van der Waals surface area contributed by atoms with Gasteiger partial charge in [-0.2, -0.15) is 0 Å². The Bertz CT molecular complexity index is 479. The van der Waals surface area contributed by atoms with Gasteiger partial charge in [0.2, 0.25) is 0 Å². The minimum Gasteiger partial charge on any atom is -0.495 e. The molecule has 0 spiro atoms. The highest BCUT2D eigenvalue weighted by Crippen LogP contribution is 2.39. The molecule has 98 valence electrons. The Morgan fingerprint density at radius 2 is 2.06 bits per heavy atom. The summed E-state index contributed by atoms with van der Waals surface area (Å²) in [6.07, 6.45) is 0.817. The summed E-state index contributed by atoms with van der Waals surface area (Å²) >= 11 is 6.93. The van der Waals surface area contributed by atoms with Crippen LogP contribution in [0.2, 0.25) is 0 Å². The van der Waals surface area contributed by atoms with Crippen molar-refractivity contribution in [3.8, 4) is 5.75 Å². The van der Waals surface area contributed by atoms with Gasteiger partial charge in [0.05, 0.1) is 24.4 Å². The smallest absolute Gasteiger partial charge is 0.328 e. The van der Waals surface area contributed by atoms with Crippen LogP contribution in [0, 0.1) is 0 Å². The molecule has 2 rings (SSSR count). The molecule has 1 aliphatic heterocycles. The van der Waals surface area contributed by atoms with Crippen molar-refractivity contribution in [2.45, 2.75) is 12.5 Å². The van der Waals surface area contributed by atoms with Crippen LogP contribution in [-0.4, -0.2) is 32.8 Å². The summed E-state index contributed by atoms with van der Waals surface area (Å²) in [7, 11) is 3.03. The number of halogens is 2. The first-order valence-corrected chi connectivity index (χ1v) is 7.04. The maximum absolute atomic E-state index is 11.6. The van der Waals surface area contributed by atoms with Gasteiger partial charge < -0.3 is 14.4 Å². The van der Waals surface area contributed by atoms with E-state index in [0.29, 0.717) is 0 Å². The zero-order valence-corrected chi connectivity index (χ0v) is 13.2. The zero-order valence-electron chi connectivity index (χ0n) is 10.1. The molecule has 0 radical (unpaired) electrons.